The minimum Gasteiger partial charge on any atom is -0.357 e. The fourth-order valence-electron chi connectivity index (χ4n) is 3.88. The van der Waals surface area contributed by atoms with Gasteiger partial charge in [0.05, 0.1) is 11.9 Å². The Balaban J connectivity index is 2.05. The molecule has 37 heavy (non-hydrogen) atoms. The highest BCUT2D eigenvalue weighted by molar-refractivity contribution is 7.92. The SMILES string of the molecule is CNC(=O)C(Cc1ccccc1)N(Cc1ccccc1Cl)C(=O)CN(c1ccc(C)c(Cl)c1)S(C)(=O)=O. The number of nitrogens with one attached hydrogen (secondary N) is 1. The number of hydrogen-bond donors (Lipinski definition) is 1. The highest BCUT2D eigenvalue weighted by Gasteiger charge is 2.33. The van der Waals surface area contributed by atoms with E-state index >= 15 is 0 Å². The number of anilines is 1. The molecule has 0 saturated heterocycles. The average Bonchev–Trinajstić information content (AvgIpc) is 2.86. The summed E-state index contributed by atoms with van der Waals surface area (Å²) in [6.45, 7) is 1.28. The second-order valence-electron chi connectivity index (χ2n) is 8.64. The predicted octanol–water partition coefficient (Wildman–Crippen LogP) is 4.45. The molecule has 0 heterocycles. The monoisotopic (exact) mass is 561 g/mol. The Bertz CT molecular complexity index is 1370. The van der Waals surface area contributed by atoms with Gasteiger partial charge in [0.1, 0.15) is 12.6 Å². The highest BCUT2D eigenvalue weighted by atomic mass is 35.5. The summed E-state index contributed by atoms with van der Waals surface area (Å²) in [6.07, 6.45) is 1.25. The number of likely N-dealkylation sites (N-methyl/N-ethyl adjacent to an activating group) is 1. The number of benzene rings is 3. The lowest BCUT2D eigenvalue weighted by atomic mass is 10.0. The first kappa shape index (κ1) is 28.5. The molecule has 10 heteroatoms. The number of hydrogen-bond acceptors (Lipinski definition) is 4. The summed E-state index contributed by atoms with van der Waals surface area (Å²) in [4.78, 5) is 28.3. The molecule has 1 N–H and O–H groups in total. The topological polar surface area (TPSA) is 86.8 Å². The summed E-state index contributed by atoms with van der Waals surface area (Å²) < 4.78 is 26.5. The number of nitrogens with zero attached hydrogens (tertiary/aromatic N) is 2. The Labute approximate surface area is 228 Å². The molecule has 0 radical (unpaired) electrons. The summed E-state index contributed by atoms with van der Waals surface area (Å²) in [5.41, 5.74) is 2.50. The second-order valence-corrected chi connectivity index (χ2v) is 11.4. The Hall–Kier alpha value is -3.07. The molecule has 1 atom stereocenters. The van der Waals surface area contributed by atoms with Crippen LogP contribution in [0.1, 0.15) is 16.7 Å². The molecule has 3 aromatic carbocycles. The van der Waals surface area contributed by atoms with Crippen molar-refractivity contribution in [2.75, 3.05) is 24.2 Å². The molecule has 0 aliphatic carbocycles. The smallest absolute Gasteiger partial charge is 0.244 e. The molecular formula is C27H29Cl2N3O4S. The molecule has 0 fully saturated rings. The van der Waals surface area contributed by atoms with Crippen LogP contribution in [0.4, 0.5) is 5.69 Å². The van der Waals surface area contributed by atoms with Crippen LogP contribution in [0.3, 0.4) is 0 Å². The van der Waals surface area contributed by atoms with Crippen LogP contribution < -0.4 is 9.62 Å². The van der Waals surface area contributed by atoms with Crippen LogP contribution in [-0.2, 0) is 32.6 Å². The largest absolute Gasteiger partial charge is 0.357 e. The zero-order chi connectivity index (χ0) is 27.2. The van der Waals surface area contributed by atoms with Gasteiger partial charge < -0.3 is 10.2 Å². The van der Waals surface area contributed by atoms with Gasteiger partial charge in [-0.05, 0) is 41.8 Å². The minimum absolute atomic E-state index is 0.00961. The maximum atomic E-state index is 13.9. The van der Waals surface area contributed by atoms with Crippen molar-refractivity contribution in [1.29, 1.82) is 0 Å². The summed E-state index contributed by atoms with van der Waals surface area (Å²) in [6, 6.07) is 20.2. The van der Waals surface area contributed by atoms with Crippen molar-refractivity contribution in [2.45, 2.75) is 25.9 Å². The summed E-state index contributed by atoms with van der Waals surface area (Å²) in [5.74, 6) is -0.944. The zero-order valence-electron chi connectivity index (χ0n) is 20.8. The van der Waals surface area contributed by atoms with Crippen LogP contribution in [0.25, 0.3) is 0 Å². The van der Waals surface area contributed by atoms with Gasteiger partial charge in [-0.15, -0.1) is 0 Å². The Kier molecular flexibility index (Phi) is 9.59. The molecule has 0 aliphatic heterocycles. The van der Waals surface area contributed by atoms with Crippen LogP contribution in [0, 0.1) is 6.92 Å². The predicted molar refractivity (Wildman–Crippen MR) is 148 cm³/mol. The van der Waals surface area contributed by atoms with E-state index in [9.17, 15) is 18.0 Å². The molecule has 196 valence electrons. The van der Waals surface area contributed by atoms with Crippen molar-refractivity contribution in [3.05, 3.63) is 99.5 Å². The van der Waals surface area contributed by atoms with E-state index in [1.165, 1.54) is 18.0 Å². The molecule has 3 rings (SSSR count). The number of carbonyl (C=O) groups is 2. The summed E-state index contributed by atoms with van der Waals surface area (Å²) in [5, 5.41) is 3.44. The van der Waals surface area contributed by atoms with Crippen molar-refractivity contribution >= 4 is 50.7 Å². The van der Waals surface area contributed by atoms with Crippen molar-refractivity contribution in [2.24, 2.45) is 0 Å². The Morgan fingerprint density at radius 3 is 2.19 bits per heavy atom. The van der Waals surface area contributed by atoms with Crippen LogP contribution in [0.2, 0.25) is 10.0 Å². The Morgan fingerprint density at radius 2 is 1.59 bits per heavy atom. The van der Waals surface area contributed by atoms with Gasteiger partial charge in [-0.25, -0.2) is 8.42 Å². The van der Waals surface area contributed by atoms with Crippen molar-refractivity contribution < 1.29 is 18.0 Å². The number of amides is 2. The molecule has 7 nitrogen and oxygen atoms in total. The quantitative estimate of drug-likeness (QED) is 0.396. The Morgan fingerprint density at radius 1 is 0.946 bits per heavy atom. The van der Waals surface area contributed by atoms with Gasteiger partial charge in [-0.3, -0.25) is 13.9 Å². The van der Waals surface area contributed by atoms with E-state index in [0.29, 0.717) is 15.6 Å². The lowest BCUT2D eigenvalue weighted by Crippen LogP contribution is -2.52. The van der Waals surface area contributed by atoms with Crippen molar-refractivity contribution in [1.82, 2.24) is 10.2 Å². The maximum Gasteiger partial charge on any atom is 0.244 e. The standard InChI is InChI=1S/C27H29Cl2N3O4S/c1-19-13-14-22(16-24(19)29)32(37(3,35)36)18-26(33)31(17-21-11-7-8-12-23(21)28)25(27(34)30-2)15-20-9-5-4-6-10-20/h4-14,16,25H,15,17-18H2,1-3H3,(H,30,34). The molecule has 0 saturated carbocycles. The fourth-order valence-corrected chi connectivity index (χ4v) is 5.09. The molecular weight excluding hydrogens is 533 g/mol. The van der Waals surface area contributed by atoms with E-state index in [4.69, 9.17) is 23.2 Å². The first-order chi connectivity index (χ1) is 17.5. The van der Waals surface area contributed by atoms with E-state index in [0.717, 1.165) is 21.7 Å². The first-order valence-corrected chi connectivity index (χ1v) is 14.1. The third kappa shape index (κ3) is 7.47. The number of carbonyl (C=O) groups excluding carboxylic acids is 2. The zero-order valence-corrected chi connectivity index (χ0v) is 23.1. The number of halogens is 2. The van der Waals surface area contributed by atoms with Gasteiger partial charge in [-0.1, -0.05) is 77.8 Å². The molecule has 2 amide bonds. The van der Waals surface area contributed by atoms with Crippen LogP contribution >= 0.6 is 23.2 Å². The third-order valence-corrected chi connectivity index (χ3v) is 7.86. The minimum atomic E-state index is -3.87. The molecule has 0 aromatic heterocycles. The summed E-state index contributed by atoms with van der Waals surface area (Å²) in [7, 11) is -2.37. The summed E-state index contributed by atoms with van der Waals surface area (Å²) >= 11 is 12.6. The van der Waals surface area contributed by atoms with Gasteiger partial charge in [0.15, 0.2) is 0 Å². The highest BCUT2D eigenvalue weighted by Crippen LogP contribution is 2.26. The normalized spacial score (nSPS) is 12.0. The van der Waals surface area contributed by atoms with Crippen LogP contribution in [-0.4, -0.2) is 51.0 Å². The van der Waals surface area contributed by atoms with Gasteiger partial charge in [0, 0.05) is 30.1 Å². The lowest BCUT2D eigenvalue weighted by molar-refractivity contribution is -0.139. The average molecular weight is 563 g/mol. The van der Waals surface area contributed by atoms with E-state index in [1.807, 2.05) is 30.3 Å². The van der Waals surface area contributed by atoms with Gasteiger partial charge in [-0.2, -0.15) is 0 Å². The maximum absolute atomic E-state index is 13.9. The van der Waals surface area contributed by atoms with Gasteiger partial charge in [0.25, 0.3) is 0 Å². The van der Waals surface area contributed by atoms with Gasteiger partial charge >= 0.3 is 0 Å². The molecule has 3 aromatic rings. The van der Waals surface area contributed by atoms with E-state index in [-0.39, 0.29) is 24.6 Å². The first-order valence-electron chi connectivity index (χ1n) is 11.5. The molecule has 1 unspecified atom stereocenters. The van der Waals surface area contributed by atoms with Crippen LogP contribution in [0.5, 0.6) is 0 Å². The molecule has 0 bridgehead atoms. The van der Waals surface area contributed by atoms with E-state index in [1.54, 1.807) is 43.3 Å². The van der Waals surface area contributed by atoms with Gasteiger partial charge in [0.2, 0.25) is 21.8 Å². The van der Waals surface area contributed by atoms with Crippen LogP contribution in [0.15, 0.2) is 72.8 Å². The van der Waals surface area contributed by atoms with E-state index < -0.39 is 28.5 Å². The van der Waals surface area contributed by atoms with Crippen molar-refractivity contribution in [3.8, 4) is 0 Å². The lowest BCUT2D eigenvalue weighted by Gasteiger charge is -2.33. The van der Waals surface area contributed by atoms with E-state index in [2.05, 4.69) is 5.32 Å². The molecule has 0 spiro atoms. The fraction of sp³-hybridized carbons (Fsp3) is 0.259. The third-order valence-electron chi connectivity index (χ3n) is 5.94. The molecule has 0 aliphatic rings. The number of aryl methyl sites for hydroxylation is 1. The van der Waals surface area contributed by atoms with Crippen molar-refractivity contribution in [3.63, 3.8) is 0 Å². The second kappa shape index (κ2) is 12.4. The number of sulfonamides is 1. The number of rotatable bonds is 10.